The number of hydrogen-bond acceptors (Lipinski definition) is 7. The molecule has 0 atom stereocenters. The van der Waals surface area contributed by atoms with Crippen LogP contribution in [0.4, 0.5) is 5.69 Å². The first-order chi connectivity index (χ1) is 13.9. The van der Waals surface area contributed by atoms with E-state index in [0.717, 1.165) is 17.7 Å². The third kappa shape index (κ3) is 6.79. The van der Waals surface area contributed by atoms with E-state index in [0.29, 0.717) is 5.75 Å². The molecule has 2 N–H and O–H groups in total. The molecule has 10 heteroatoms. The normalized spacial score (nSPS) is 10.2. The molecule has 2 rings (SSSR count). The van der Waals surface area contributed by atoms with Gasteiger partial charge in [-0.05, 0) is 29.8 Å². The molecule has 0 aliphatic heterocycles. The number of benzene rings is 2. The molecule has 150 valence electrons. The standard InChI is InChI=1S/C19H17N3O7/c1-28-16-8-5-13(6-9-16)7-10-18(24)29-12-17(23)20-21-19(25)14-3-2-4-15(11-14)22(26)27/h2-11H,12H2,1H3,(H,20,23)(H,21,25). The van der Waals surface area contributed by atoms with Gasteiger partial charge in [0.25, 0.3) is 17.5 Å². The second-order valence-electron chi connectivity index (χ2n) is 5.52. The van der Waals surface area contributed by atoms with E-state index in [4.69, 9.17) is 9.47 Å². The van der Waals surface area contributed by atoms with Crippen LogP contribution in [-0.2, 0) is 14.3 Å². The van der Waals surface area contributed by atoms with Gasteiger partial charge in [-0.3, -0.25) is 30.6 Å². The summed E-state index contributed by atoms with van der Waals surface area (Å²) in [5.41, 5.74) is 4.58. The van der Waals surface area contributed by atoms with Gasteiger partial charge in [-0.25, -0.2) is 4.79 Å². The highest BCUT2D eigenvalue weighted by Gasteiger charge is 2.12. The minimum atomic E-state index is -0.782. The predicted octanol–water partition coefficient (Wildman–Crippen LogP) is 1.62. The lowest BCUT2D eigenvalue weighted by molar-refractivity contribution is -0.384. The lowest BCUT2D eigenvalue weighted by Gasteiger charge is -2.07. The van der Waals surface area contributed by atoms with Gasteiger partial charge in [0.2, 0.25) is 0 Å². The van der Waals surface area contributed by atoms with Crippen molar-refractivity contribution in [2.75, 3.05) is 13.7 Å². The zero-order valence-electron chi connectivity index (χ0n) is 15.3. The number of hydrazine groups is 1. The van der Waals surface area contributed by atoms with Crippen molar-refractivity contribution in [3.63, 3.8) is 0 Å². The Morgan fingerprint density at radius 2 is 1.83 bits per heavy atom. The van der Waals surface area contributed by atoms with Crippen LogP contribution in [0.3, 0.4) is 0 Å². The molecule has 0 spiro atoms. The second kappa shape index (κ2) is 10.2. The first-order valence-corrected chi connectivity index (χ1v) is 8.21. The molecule has 0 heterocycles. The molecule has 0 saturated carbocycles. The molecule has 0 unspecified atom stereocenters. The number of nitro benzene ring substituents is 1. The van der Waals surface area contributed by atoms with Crippen LogP contribution < -0.4 is 15.6 Å². The molecule has 0 saturated heterocycles. The molecular formula is C19H17N3O7. The number of ether oxygens (including phenoxy) is 2. The van der Waals surface area contributed by atoms with Gasteiger partial charge < -0.3 is 9.47 Å². The van der Waals surface area contributed by atoms with Crippen molar-refractivity contribution in [1.82, 2.24) is 10.9 Å². The number of esters is 1. The Bertz CT molecular complexity index is 939. The van der Waals surface area contributed by atoms with E-state index in [1.165, 1.54) is 24.3 Å². The van der Waals surface area contributed by atoms with E-state index in [9.17, 15) is 24.5 Å². The Balaban J connectivity index is 1.76. The van der Waals surface area contributed by atoms with E-state index < -0.39 is 29.3 Å². The van der Waals surface area contributed by atoms with Crippen LogP contribution in [0.2, 0.25) is 0 Å². The topological polar surface area (TPSA) is 137 Å². The largest absolute Gasteiger partial charge is 0.497 e. The zero-order chi connectivity index (χ0) is 21.2. The zero-order valence-corrected chi connectivity index (χ0v) is 15.3. The summed E-state index contributed by atoms with van der Waals surface area (Å²) >= 11 is 0. The highest BCUT2D eigenvalue weighted by Crippen LogP contribution is 2.13. The van der Waals surface area contributed by atoms with Crippen LogP contribution in [0.5, 0.6) is 5.75 Å². The number of hydrogen-bond donors (Lipinski definition) is 2. The number of nitrogens with zero attached hydrogens (tertiary/aromatic N) is 1. The van der Waals surface area contributed by atoms with E-state index >= 15 is 0 Å². The van der Waals surface area contributed by atoms with Crippen molar-refractivity contribution in [1.29, 1.82) is 0 Å². The van der Waals surface area contributed by atoms with Crippen LogP contribution in [0.25, 0.3) is 6.08 Å². The van der Waals surface area contributed by atoms with E-state index in [2.05, 4.69) is 5.43 Å². The van der Waals surface area contributed by atoms with Crippen molar-refractivity contribution < 1.29 is 28.8 Å². The first-order valence-electron chi connectivity index (χ1n) is 8.21. The molecule has 10 nitrogen and oxygen atoms in total. The number of carbonyl (C=O) groups excluding carboxylic acids is 3. The third-order valence-corrected chi connectivity index (χ3v) is 3.51. The molecule has 0 fully saturated rings. The average Bonchev–Trinajstić information content (AvgIpc) is 2.74. The number of carbonyl (C=O) groups is 3. The highest BCUT2D eigenvalue weighted by molar-refractivity contribution is 5.96. The van der Waals surface area contributed by atoms with Crippen LogP contribution in [0.15, 0.2) is 54.6 Å². The molecule has 2 amide bonds. The Morgan fingerprint density at radius 1 is 1.10 bits per heavy atom. The number of nitrogens with one attached hydrogen (secondary N) is 2. The fourth-order valence-corrected chi connectivity index (χ4v) is 2.06. The maximum Gasteiger partial charge on any atom is 0.331 e. The van der Waals surface area contributed by atoms with Crippen molar-refractivity contribution in [3.05, 3.63) is 75.8 Å². The van der Waals surface area contributed by atoms with E-state index in [1.54, 1.807) is 31.4 Å². The Morgan fingerprint density at radius 3 is 2.48 bits per heavy atom. The Kier molecular flexibility index (Phi) is 7.43. The number of non-ortho nitro benzene ring substituents is 1. The van der Waals surface area contributed by atoms with Gasteiger partial charge in [-0.15, -0.1) is 0 Å². The lowest BCUT2D eigenvalue weighted by atomic mass is 10.2. The van der Waals surface area contributed by atoms with E-state index in [-0.39, 0.29) is 11.3 Å². The summed E-state index contributed by atoms with van der Waals surface area (Å²) in [7, 11) is 1.54. The maximum atomic E-state index is 11.9. The van der Waals surface area contributed by atoms with Gasteiger partial charge in [-0.2, -0.15) is 0 Å². The third-order valence-electron chi connectivity index (χ3n) is 3.51. The minimum Gasteiger partial charge on any atom is -0.497 e. The fraction of sp³-hybridized carbons (Fsp3) is 0.105. The predicted molar refractivity (Wildman–Crippen MR) is 102 cm³/mol. The summed E-state index contributed by atoms with van der Waals surface area (Å²) in [6, 6.07) is 11.9. The van der Waals surface area contributed by atoms with Crippen LogP contribution in [0, 0.1) is 10.1 Å². The average molecular weight is 399 g/mol. The molecule has 2 aromatic rings. The quantitative estimate of drug-likeness (QED) is 0.312. The molecule has 0 aliphatic rings. The monoisotopic (exact) mass is 399 g/mol. The summed E-state index contributed by atoms with van der Waals surface area (Å²) in [6.07, 6.45) is 2.65. The van der Waals surface area contributed by atoms with Crippen LogP contribution in [0.1, 0.15) is 15.9 Å². The van der Waals surface area contributed by atoms with Crippen LogP contribution >= 0.6 is 0 Å². The molecule has 0 radical (unpaired) electrons. The molecular weight excluding hydrogens is 382 g/mol. The molecule has 0 aromatic heterocycles. The fourth-order valence-electron chi connectivity index (χ4n) is 2.06. The molecule has 2 aromatic carbocycles. The van der Waals surface area contributed by atoms with Crippen LogP contribution in [-0.4, -0.2) is 36.4 Å². The summed E-state index contributed by atoms with van der Waals surface area (Å²) in [5.74, 6) is -1.61. The summed E-state index contributed by atoms with van der Waals surface area (Å²) in [6.45, 7) is -0.624. The van der Waals surface area contributed by atoms with Gasteiger partial charge in [0.05, 0.1) is 12.0 Å². The van der Waals surface area contributed by atoms with Gasteiger partial charge in [0.15, 0.2) is 6.61 Å². The van der Waals surface area contributed by atoms with Crippen molar-refractivity contribution in [3.8, 4) is 5.75 Å². The Hall–Kier alpha value is -4.21. The second-order valence-corrected chi connectivity index (χ2v) is 5.52. The maximum absolute atomic E-state index is 11.9. The smallest absolute Gasteiger partial charge is 0.331 e. The number of methoxy groups -OCH3 is 1. The first kappa shape index (κ1) is 21.1. The van der Waals surface area contributed by atoms with Crippen molar-refractivity contribution in [2.24, 2.45) is 0 Å². The highest BCUT2D eigenvalue weighted by atomic mass is 16.6. The number of nitro groups is 1. The molecule has 0 aliphatic carbocycles. The van der Waals surface area contributed by atoms with Gasteiger partial charge in [0.1, 0.15) is 5.75 Å². The lowest BCUT2D eigenvalue weighted by Crippen LogP contribution is -2.43. The molecule has 0 bridgehead atoms. The van der Waals surface area contributed by atoms with Crippen molar-refractivity contribution >= 4 is 29.5 Å². The number of rotatable bonds is 7. The molecule has 29 heavy (non-hydrogen) atoms. The van der Waals surface area contributed by atoms with E-state index in [1.807, 2.05) is 5.43 Å². The summed E-state index contributed by atoms with van der Waals surface area (Å²) in [4.78, 5) is 45.2. The SMILES string of the molecule is COc1ccc(C=CC(=O)OCC(=O)NNC(=O)c2cccc([N+](=O)[O-])c2)cc1. The van der Waals surface area contributed by atoms with Gasteiger partial charge in [0, 0.05) is 23.8 Å². The number of amides is 2. The summed E-state index contributed by atoms with van der Waals surface area (Å²) in [5, 5.41) is 10.7. The van der Waals surface area contributed by atoms with Gasteiger partial charge >= 0.3 is 5.97 Å². The minimum absolute atomic E-state index is 0.0149. The van der Waals surface area contributed by atoms with Gasteiger partial charge in [-0.1, -0.05) is 18.2 Å². The Labute approximate surface area is 165 Å². The summed E-state index contributed by atoms with van der Waals surface area (Å²) < 4.78 is 9.78. The van der Waals surface area contributed by atoms with Crippen molar-refractivity contribution in [2.45, 2.75) is 0 Å².